The van der Waals surface area contributed by atoms with Crippen LogP contribution in [-0.4, -0.2) is 10.2 Å². The van der Waals surface area contributed by atoms with Gasteiger partial charge in [-0.3, -0.25) is 5.10 Å². The molecule has 1 heterocycles. The fraction of sp³-hybridized carbons (Fsp3) is 0.562. The Kier molecular flexibility index (Phi) is 5.39. The van der Waals surface area contributed by atoms with E-state index in [2.05, 4.69) is 57.8 Å². The molecule has 2 aromatic rings. The first kappa shape index (κ1) is 14.7. The van der Waals surface area contributed by atoms with Gasteiger partial charge in [-0.1, -0.05) is 34.1 Å². The Morgan fingerprint density at radius 3 is 2.39 bits per heavy atom. The number of nitrogens with one attached hydrogen (secondary N) is 1. The molecule has 0 fully saturated rings. The lowest BCUT2D eigenvalue weighted by atomic mass is 9.89. The van der Waals surface area contributed by atoms with Gasteiger partial charge in [0.2, 0.25) is 0 Å². The van der Waals surface area contributed by atoms with Crippen molar-refractivity contribution in [1.82, 2.24) is 10.2 Å². The maximum atomic E-state index is 4.10. The standard InChI is InChI=1S/C13H18N2.C3H8/c1-5-8(2)13-9(3)6-12-11(10(13)4)7-14-15-12;1-3-2/h6-8H,5H2,1-4H3,(H,14,15);3H2,1-2H3. The summed E-state index contributed by atoms with van der Waals surface area (Å²) in [5.41, 5.74) is 5.40. The Balaban J connectivity index is 0.000000492. The number of aryl methyl sites for hydroxylation is 2. The van der Waals surface area contributed by atoms with Crippen molar-refractivity contribution >= 4 is 10.9 Å². The molecule has 2 nitrogen and oxygen atoms in total. The molecule has 0 amide bonds. The quantitative estimate of drug-likeness (QED) is 0.783. The third kappa shape index (κ3) is 2.92. The lowest BCUT2D eigenvalue weighted by Gasteiger charge is -2.16. The number of fused-ring (bicyclic) bond motifs is 1. The van der Waals surface area contributed by atoms with E-state index < -0.39 is 0 Å². The summed E-state index contributed by atoms with van der Waals surface area (Å²) in [6.45, 7) is 13.2. The van der Waals surface area contributed by atoms with Gasteiger partial charge in [0, 0.05) is 5.39 Å². The minimum Gasteiger partial charge on any atom is -0.278 e. The molecule has 0 saturated heterocycles. The zero-order valence-corrected chi connectivity index (χ0v) is 12.6. The molecule has 2 rings (SSSR count). The molecule has 100 valence electrons. The van der Waals surface area contributed by atoms with Crippen molar-refractivity contribution in [1.29, 1.82) is 0 Å². The first-order valence-electron chi connectivity index (χ1n) is 6.99. The molecule has 0 spiro atoms. The van der Waals surface area contributed by atoms with Gasteiger partial charge in [0.1, 0.15) is 0 Å². The van der Waals surface area contributed by atoms with Gasteiger partial charge in [0.05, 0.1) is 11.7 Å². The summed E-state index contributed by atoms with van der Waals surface area (Å²) in [4.78, 5) is 0. The molecule has 18 heavy (non-hydrogen) atoms. The zero-order valence-electron chi connectivity index (χ0n) is 12.6. The van der Waals surface area contributed by atoms with Crippen LogP contribution in [0, 0.1) is 13.8 Å². The SMILES string of the molecule is CCC.CCC(C)c1c(C)cc2[nH]ncc2c1C. The summed E-state index contributed by atoms with van der Waals surface area (Å²) in [6.07, 6.45) is 4.36. The van der Waals surface area contributed by atoms with Gasteiger partial charge < -0.3 is 0 Å². The Labute approximate surface area is 111 Å². The number of hydrogen-bond donors (Lipinski definition) is 1. The van der Waals surface area contributed by atoms with Crippen LogP contribution in [0.25, 0.3) is 10.9 Å². The van der Waals surface area contributed by atoms with Gasteiger partial charge >= 0.3 is 0 Å². The van der Waals surface area contributed by atoms with E-state index in [4.69, 9.17) is 0 Å². The molecular weight excluding hydrogens is 220 g/mol. The van der Waals surface area contributed by atoms with Crippen LogP contribution in [0.1, 0.15) is 63.1 Å². The maximum Gasteiger partial charge on any atom is 0.0655 e. The lowest BCUT2D eigenvalue weighted by molar-refractivity contribution is 0.724. The summed E-state index contributed by atoms with van der Waals surface area (Å²) in [5.74, 6) is 0.629. The molecule has 1 N–H and O–H groups in total. The fourth-order valence-electron chi connectivity index (χ4n) is 2.40. The first-order valence-corrected chi connectivity index (χ1v) is 6.99. The Morgan fingerprint density at radius 2 is 1.83 bits per heavy atom. The minimum atomic E-state index is 0.629. The third-order valence-corrected chi connectivity index (χ3v) is 3.37. The monoisotopic (exact) mass is 246 g/mol. The van der Waals surface area contributed by atoms with Gasteiger partial charge in [0.25, 0.3) is 0 Å². The highest BCUT2D eigenvalue weighted by Crippen LogP contribution is 2.30. The molecule has 0 aliphatic carbocycles. The molecule has 2 heteroatoms. The van der Waals surface area contributed by atoms with E-state index in [1.165, 1.54) is 34.9 Å². The van der Waals surface area contributed by atoms with Crippen LogP contribution < -0.4 is 0 Å². The molecular formula is C16H26N2. The molecule has 0 bridgehead atoms. The highest BCUT2D eigenvalue weighted by atomic mass is 15.1. The molecule has 0 aliphatic rings. The maximum absolute atomic E-state index is 4.10. The molecule has 1 aromatic carbocycles. The van der Waals surface area contributed by atoms with E-state index in [1.807, 2.05) is 6.20 Å². The van der Waals surface area contributed by atoms with Crippen LogP contribution in [-0.2, 0) is 0 Å². The summed E-state index contributed by atoms with van der Waals surface area (Å²) >= 11 is 0. The topological polar surface area (TPSA) is 28.7 Å². The number of nitrogens with zero attached hydrogens (tertiary/aromatic N) is 1. The average molecular weight is 246 g/mol. The van der Waals surface area contributed by atoms with Crippen molar-refractivity contribution < 1.29 is 0 Å². The van der Waals surface area contributed by atoms with Crippen molar-refractivity contribution in [2.24, 2.45) is 0 Å². The first-order chi connectivity index (χ1) is 8.56. The van der Waals surface area contributed by atoms with Crippen LogP contribution >= 0.6 is 0 Å². The molecule has 1 unspecified atom stereocenters. The van der Waals surface area contributed by atoms with E-state index in [-0.39, 0.29) is 0 Å². The van der Waals surface area contributed by atoms with Crippen molar-refractivity contribution in [3.8, 4) is 0 Å². The number of aromatic amines is 1. The number of hydrogen-bond acceptors (Lipinski definition) is 1. The van der Waals surface area contributed by atoms with Gasteiger partial charge in [-0.05, 0) is 48.9 Å². The summed E-state index contributed by atoms with van der Waals surface area (Å²) in [5, 5.41) is 8.40. The second-order valence-electron chi connectivity index (χ2n) is 5.08. The van der Waals surface area contributed by atoms with Crippen LogP contribution in [0.5, 0.6) is 0 Å². The highest BCUT2D eigenvalue weighted by Gasteiger charge is 2.13. The predicted molar refractivity (Wildman–Crippen MR) is 80.2 cm³/mol. The van der Waals surface area contributed by atoms with E-state index in [0.717, 1.165) is 5.52 Å². The van der Waals surface area contributed by atoms with Gasteiger partial charge in [-0.2, -0.15) is 5.10 Å². The Bertz CT molecular complexity index is 497. The average Bonchev–Trinajstić information content (AvgIpc) is 2.78. The van der Waals surface area contributed by atoms with Crippen molar-refractivity contribution in [3.63, 3.8) is 0 Å². The largest absolute Gasteiger partial charge is 0.278 e. The number of H-pyrrole nitrogens is 1. The summed E-state index contributed by atoms with van der Waals surface area (Å²) in [6, 6.07) is 2.21. The molecule has 0 aliphatic heterocycles. The Morgan fingerprint density at radius 1 is 1.22 bits per heavy atom. The van der Waals surface area contributed by atoms with Gasteiger partial charge in [0.15, 0.2) is 0 Å². The van der Waals surface area contributed by atoms with Gasteiger partial charge in [-0.25, -0.2) is 0 Å². The van der Waals surface area contributed by atoms with Crippen LogP contribution in [0.3, 0.4) is 0 Å². The smallest absolute Gasteiger partial charge is 0.0655 e. The van der Waals surface area contributed by atoms with E-state index in [9.17, 15) is 0 Å². The highest BCUT2D eigenvalue weighted by molar-refractivity contribution is 5.83. The third-order valence-electron chi connectivity index (χ3n) is 3.37. The predicted octanol–water partition coefficient (Wildman–Crippen LogP) is 5.11. The minimum absolute atomic E-state index is 0.629. The molecule has 0 saturated carbocycles. The van der Waals surface area contributed by atoms with E-state index >= 15 is 0 Å². The number of rotatable bonds is 2. The van der Waals surface area contributed by atoms with Crippen LogP contribution in [0.15, 0.2) is 12.3 Å². The molecule has 1 aromatic heterocycles. The second-order valence-corrected chi connectivity index (χ2v) is 5.08. The fourth-order valence-corrected chi connectivity index (χ4v) is 2.40. The summed E-state index contributed by atoms with van der Waals surface area (Å²) < 4.78 is 0. The van der Waals surface area contributed by atoms with Gasteiger partial charge in [-0.15, -0.1) is 0 Å². The summed E-state index contributed by atoms with van der Waals surface area (Å²) in [7, 11) is 0. The Hall–Kier alpha value is -1.31. The van der Waals surface area contributed by atoms with E-state index in [0.29, 0.717) is 5.92 Å². The lowest BCUT2D eigenvalue weighted by Crippen LogP contribution is -1.99. The van der Waals surface area contributed by atoms with Crippen LogP contribution in [0.2, 0.25) is 0 Å². The zero-order chi connectivity index (χ0) is 13.7. The van der Waals surface area contributed by atoms with Crippen molar-refractivity contribution in [2.75, 3.05) is 0 Å². The second kappa shape index (κ2) is 6.58. The van der Waals surface area contributed by atoms with E-state index in [1.54, 1.807) is 0 Å². The molecule has 1 atom stereocenters. The van der Waals surface area contributed by atoms with Crippen LogP contribution in [0.4, 0.5) is 0 Å². The van der Waals surface area contributed by atoms with Crippen molar-refractivity contribution in [2.45, 2.75) is 60.3 Å². The van der Waals surface area contributed by atoms with Crippen molar-refractivity contribution in [3.05, 3.63) is 29.0 Å². The number of aromatic nitrogens is 2. The molecule has 0 radical (unpaired) electrons. The number of benzene rings is 1. The normalized spacial score (nSPS) is 12.1.